The van der Waals surface area contributed by atoms with Gasteiger partial charge in [-0.05, 0) is 18.5 Å². The van der Waals surface area contributed by atoms with Gasteiger partial charge in [-0.2, -0.15) is 0 Å². The van der Waals surface area contributed by atoms with Gasteiger partial charge in [0.05, 0.1) is 0 Å². The third kappa shape index (κ3) is 3.76. The van der Waals surface area contributed by atoms with E-state index in [4.69, 9.17) is 0 Å². The summed E-state index contributed by atoms with van der Waals surface area (Å²) in [5.41, 5.74) is 2.68. The number of ketones is 1. The number of benzene rings is 2. The Morgan fingerprint density at radius 2 is 1.58 bits per heavy atom. The Hall–Kier alpha value is -1.93. The molecule has 2 aromatic carbocycles. The number of carbonyl (C=O) groups is 1. The van der Waals surface area contributed by atoms with Crippen LogP contribution in [0.15, 0.2) is 54.6 Å². The van der Waals surface area contributed by atoms with E-state index in [1.807, 2.05) is 54.6 Å². The van der Waals surface area contributed by atoms with Crippen molar-refractivity contribution in [3.63, 3.8) is 0 Å². The molecular weight excluding hydrogens is 234 g/mol. The summed E-state index contributed by atoms with van der Waals surface area (Å²) in [6, 6.07) is 17.2. The minimum atomic E-state index is 0.0775. The molecule has 2 aromatic rings. The highest BCUT2D eigenvalue weighted by atomic mass is 16.1. The normalized spacial score (nSPS) is 10.4. The topological polar surface area (TPSA) is 29.1 Å². The molecule has 2 heteroatoms. The van der Waals surface area contributed by atoms with E-state index < -0.39 is 0 Å². The molecule has 0 radical (unpaired) electrons. The molecule has 0 aromatic heterocycles. The van der Waals surface area contributed by atoms with Gasteiger partial charge in [0.15, 0.2) is 5.78 Å². The van der Waals surface area contributed by atoms with E-state index in [0.29, 0.717) is 0 Å². The summed E-state index contributed by atoms with van der Waals surface area (Å²) in [4.78, 5) is 12.2. The van der Waals surface area contributed by atoms with Crippen LogP contribution in [0.2, 0.25) is 0 Å². The summed E-state index contributed by atoms with van der Waals surface area (Å²) in [5.74, 6) is 0.0775. The monoisotopic (exact) mass is 253 g/mol. The first-order chi connectivity index (χ1) is 9.31. The summed E-state index contributed by atoms with van der Waals surface area (Å²) in [6.07, 6.45) is 1.13. The van der Waals surface area contributed by atoms with Crippen LogP contribution in [-0.2, 0) is 6.54 Å². The average molecular weight is 253 g/mol. The maximum Gasteiger partial charge on any atom is 0.193 e. The van der Waals surface area contributed by atoms with Gasteiger partial charge in [-0.1, -0.05) is 61.5 Å². The number of rotatable bonds is 6. The first-order valence-electron chi connectivity index (χ1n) is 6.70. The first kappa shape index (κ1) is 13.5. The molecule has 0 aliphatic heterocycles. The van der Waals surface area contributed by atoms with Crippen LogP contribution < -0.4 is 5.32 Å². The third-order valence-electron chi connectivity index (χ3n) is 3.01. The lowest BCUT2D eigenvalue weighted by atomic mass is 10.0. The maximum absolute atomic E-state index is 12.2. The molecule has 0 aliphatic rings. The van der Waals surface area contributed by atoms with E-state index in [2.05, 4.69) is 12.2 Å². The van der Waals surface area contributed by atoms with Crippen LogP contribution >= 0.6 is 0 Å². The van der Waals surface area contributed by atoms with Crippen molar-refractivity contribution in [1.82, 2.24) is 5.32 Å². The van der Waals surface area contributed by atoms with Gasteiger partial charge in [0.25, 0.3) is 0 Å². The molecule has 19 heavy (non-hydrogen) atoms. The molecule has 0 spiro atoms. The van der Waals surface area contributed by atoms with Gasteiger partial charge in [0.1, 0.15) is 0 Å². The third-order valence-corrected chi connectivity index (χ3v) is 3.01. The fraction of sp³-hybridized carbons (Fsp3) is 0.235. The maximum atomic E-state index is 12.2. The molecule has 0 fully saturated rings. The number of hydrogen-bond donors (Lipinski definition) is 1. The van der Waals surface area contributed by atoms with Crippen LogP contribution in [0.1, 0.15) is 34.8 Å². The quantitative estimate of drug-likeness (QED) is 0.631. The van der Waals surface area contributed by atoms with Crippen molar-refractivity contribution < 1.29 is 4.79 Å². The van der Waals surface area contributed by atoms with E-state index in [9.17, 15) is 4.79 Å². The lowest BCUT2D eigenvalue weighted by Crippen LogP contribution is -2.13. The predicted molar refractivity (Wildman–Crippen MR) is 78.3 cm³/mol. The van der Waals surface area contributed by atoms with Crippen molar-refractivity contribution in [3.8, 4) is 0 Å². The van der Waals surface area contributed by atoms with Gasteiger partial charge in [0.2, 0.25) is 0 Å². The summed E-state index contributed by atoms with van der Waals surface area (Å²) in [7, 11) is 0. The molecule has 2 nitrogen and oxygen atoms in total. The van der Waals surface area contributed by atoms with Crippen LogP contribution in [0.3, 0.4) is 0 Å². The Labute approximate surface area is 114 Å². The largest absolute Gasteiger partial charge is 0.313 e. The van der Waals surface area contributed by atoms with Crippen molar-refractivity contribution in [2.24, 2.45) is 0 Å². The zero-order valence-electron chi connectivity index (χ0n) is 11.2. The Bertz CT molecular complexity index is 517. The second-order valence-corrected chi connectivity index (χ2v) is 4.57. The lowest BCUT2D eigenvalue weighted by Gasteiger charge is -2.05. The Balaban J connectivity index is 2.04. The first-order valence-corrected chi connectivity index (χ1v) is 6.70. The molecule has 98 valence electrons. The van der Waals surface area contributed by atoms with E-state index in [1.54, 1.807) is 0 Å². The van der Waals surface area contributed by atoms with Crippen LogP contribution in [0, 0.1) is 0 Å². The van der Waals surface area contributed by atoms with E-state index in [0.717, 1.165) is 30.6 Å². The molecule has 0 bridgehead atoms. The second-order valence-electron chi connectivity index (χ2n) is 4.57. The zero-order chi connectivity index (χ0) is 13.5. The smallest absolute Gasteiger partial charge is 0.193 e. The van der Waals surface area contributed by atoms with Crippen molar-refractivity contribution in [2.45, 2.75) is 19.9 Å². The van der Waals surface area contributed by atoms with Crippen LogP contribution in [0.5, 0.6) is 0 Å². The van der Waals surface area contributed by atoms with E-state index in [-0.39, 0.29) is 5.78 Å². The molecule has 0 saturated heterocycles. The standard InChI is InChI=1S/C17H19NO/c1-2-12-18-13-14-8-10-16(11-9-14)17(19)15-6-4-3-5-7-15/h3-11,18H,2,12-13H2,1H3. The average Bonchev–Trinajstić information content (AvgIpc) is 2.48. The highest BCUT2D eigenvalue weighted by molar-refractivity contribution is 6.08. The molecule has 0 atom stereocenters. The van der Waals surface area contributed by atoms with Gasteiger partial charge in [-0.3, -0.25) is 4.79 Å². The minimum Gasteiger partial charge on any atom is -0.313 e. The summed E-state index contributed by atoms with van der Waals surface area (Å²) in [5, 5.41) is 3.35. The summed E-state index contributed by atoms with van der Waals surface area (Å²) in [6.45, 7) is 4.02. The predicted octanol–water partition coefficient (Wildman–Crippen LogP) is 3.42. The molecule has 0 aliphatic carbocycles. The molecule has 1 N–H and O–H groups in total. The molecule has 0 saturated carbocycles. The highest BCUT2D eigenvalue weighted by Crippen LogP contribution is 2.11. The highest BCUT2D eigenvalue weighted by Gasteiger charge is 2.07. The molecular formula is C17H19NO. The minimum absolute atomic E-state index is 0.0775. The van der Waals surface area contributed by atoms with Gasteiger partial charge in [0, 0.05) is 17.7 Å². The van der Waals surface area contributed by atoms with Gasteiger partial charge >= 0.3 is 0 Å². The summed E-state index contributed by atoms with van der Waals surface area (Å²) < 4.78 is 0. The van der Waals surface area contributed by atoms with Crippen LogP contribution in [0.4, 0.5) is 0 Å². The van der Waals surface area contributed by atoms with Crippen molar-refractivity contribution in [2.75, 3.05) is 6.54 Å². The van der Waals surface area contributed by atoms with Gasteiger partial charge < -0.3 is 5.32 Å². The fourth-order valence-electron chi connectivity index (χ4n) is 1.94. The second kappa shape index (κ2) is 6.86. The zero-order valence-corrected chi connectivity index (χ0v) is 11.2. The van der Waals surface area contributed by atoms with Crippen molar-refractivity contribution in [3.05, 3.63) is 71.3 Å². The van der Waals surface area contributed by atoms with E-state index in [1.165, 1.54) is 5.56 Å². The number of carbonyl (C=O) groups excluding carboxylic acids is 1. The fourth-order valence-corrected chi connectivity index (χ4v) is 1.94. The van der Waals surface area contributed by atoms with Crippen LogP contribution in [0.25, 0.3) is 0 Å². The molecule has 0 heterocycles. The Morgan fingerprint density at radius 1 is 0.947 bits per heavy atom. The molecule has 0 amide bonds. The number of nitrogens with one attached hydrogen (secondary N) is 1. The van der Waals surface area contributed by atoms with Gasteiger partial charge in [-0.25, -0.2) is 0 Å². The van der Waals surface area contributed by atoms with Gasteiger partial charge in [-0.15, -0.1) is 0 Å². The number of hydrogen-bond acceptors (Lipinski definition) is 2. The molecule has 2 rings (SSSR count). The summed E-state index contributed by atoms with van der Waals surface area (Å²) >= 11 is 0. The van der Waals surface area contributed by atoms with Crippen molar-refractivity contribution >= 4 is 5.78 Å². The van der Waals surface area contributed by atoms with Crippen molar-refractivity contribution in [1.29, 1.82) is 0 Å². The molecule has 0 unspecified atom stereocenters. The Morgan fingerprint density at radius 3 is 2.21 bits per heavy atom. The Kier molecular flexibility index (Phi) is 4.87. The van der Waals surface area contributed by atoms with E-state index >= 15 is 0 Å². The SMILES string of the molecule is CCCNCc1ccc(C(=O)c2ccccc2)cc1. The van der Waals surface area contributed by atoms with Crippen LogP contribution in [-0.4, -0.2) is 12.3 Å². The lowest BCUT2D eigenvalue weighted by molar-refractivity contribution is 0.103.